The van der Waals surface area contributed by atoms with Crippen molar-refractivity contribution in [3.63, 3.8) is 0 Å². The highest BCUT2D eigenvalue weighted by Crippen LogP contribution is 2.80. The van der Waals surface area contributed by atoms with Gasteiger partial charge in [-0.2, -0.15) is 0 Å². The van der Waals surface area contributed by atoms with E-state index in [2.05, 4.69) is 10.2 Å². The highest BCUT2D eigenvalue weighted by molar-refractivity contribution is 6.00. The minimum absolute atomic E-state index is 0.162. The van der Waals surface area contributed by atoms with Crippen LogP contribution in [0.25, 0.3) is 0 Å². The van der Waals surface area contributed by atoms with Crippen LogP contribution in [0.4, 0.5) is 5.69 Å². The molecule has 7 bridgehead atoms. The molecule has 43 heavy (non-hydrogen) atoms. The molecule has 1 aromatic carbocycles. The Labute approximate surface area is 251 Å². The van der Waals surface area contributed by atoms with Crippen LogP contribution < -0.4 is 5.32 Å². The number of rotatable bonds is 7. The van der Waals surface area contributed by atoms with Crippen LogP contribution in [-0.4, -0.2) is 113 Å². The second-order valence-corrected chi connectivity index (χ2v) is 13.8. The van der Waals surface area contributed by atoms with Gasteiger partial charge in [-0.25, -0.2) is 4.79 Å². The number of ether oxygens (including phenoxy) is 4. The molecule has 5 aliphatic carbocycles. The number of benzene rings is 1. The number of carbonyl (C=O) groups excluding carboxylic acids is 2. The van der Waals surface area contributed by atoms with E-state index in [1.807, 2.05) is 6.92 Å². The molecule has 11 nitrogen and oxygen atoms in total. The van der Waals surface area contributed by atoms with Crippen molar-refractivity contribution in [2.45, 2.75) is 92.7 Å². The second kappa shape index (κ2) is 9.45. The van der Waals surface area contributed by atoms with E-state index in [-0.39, 0.29) is 36.3 Å². The van der Waals surface area contributed by atoms with Crippen molar-refractivity contribution in [1.82, 2.24) is 4.90 Å². The van der Waals surface area contributed by atoms with Crippen molar-refractivity contribution in [3.8, 4) is 0 Å². The highest BCUT2D eigenvalue weighted by Gasteiger charge is 2.94. The van der Waals surface area contributed by atoms with Crippen LogP contribution in [0.3, 0.4) is 0 Å². The van der Waals surface area contributed by atoms with Gasteiger partial charge in [0.05, 0.1) is 35.0 Å². The summed E-state index contributed by atoms with van der Waals surface area (Å²) >= 11 is 0. The molecule has 6 fully saturated rings. The van der Waals surface area contributed by atoms with Crippen LogP contribution in [0.15, 0.2) is 24.3 Å². The first-order chi connectivity index (χ1) is 20.4. The summed E-state index contributed by atoms with van der Waals surface area (Å²) in [5.74, 6) is -2.08. The van der Waals surface area contributed by atoms with Crippen molar-refractivity contribution in [3.05, 3.63) is 29.8 Å². The Bertz CT molecular complexity index is 1340. The van der Waals surface area contributed by atoms with Gasteiger partial charge in [0.15, 0.2) is 0 Å². The molecule has 5 saturated carbocycles. The third-order valence-electron chi connectivity index (χ3n) is 12.7. The van der Waals surface area contributed by atoms with Gasteiger partial charge in [-0.3, -0.25) is 9.69 Å². The number of piperidine rings is 1. The number of nitrogens with zero attached hydrogens (tertiary/aromatic N) is 1. The summed E-state index contributed by atoms with van der Waals surface area (Å²) in [5.41, 5.74) is -7.00. The smallest absolute Gasteiger partial charge is 0.340 e. The number of esters is 1. The number of likely N-dealkylation sites (N-methyl/N-ethyl adjacent to an activating group) is 1. The number of para-hydroxylation sites is 1. The van der Waals surface area contributed by atoms with Crippen molar-refractivity contribution >= 4 is 17.6 Å². The maximum absolute atomic E-state index is 14.0. The molecule has 12 atom stereocenters. The zero-order valence-electron chi connectivity index (χ0n) is 25.5. The Kier molecular flexibility index (Phi) is 6.50. The number of nitrogens with one attached hydrogen (secondary N) is 1. The molecule has 1 amide bonds. The zero-order valence-corrected chi connectivity index (χ0v) is 25.5. The van der Waals surface area contributed by atoms with Crippen molar-refractivity contribution in [2.24, 2.45) is 23.2 Å². The van der Waals surface area contributed by atoms with Crippen LogP contribution in [0.1, 0.15) is 56.3 Å². The number of hydrogen-bond acceptors (Lipinski definition) is 10. The maximum atomic E-state index is 14.0. The number of carbonyl (C=O) groups is 2. The lowest BCUT2D eigenvalue weighted by atomic mass is 9.42. The lowest BCUT2D eigenvalue weighted by Crippen LogP contribution is -2.89. The van der Waals surface area contributed by atoms with E-state index in [1.54, 1.807) is 38.5 Å². The largest absolute Gasteiger partial charge is 0.454 e. The molecule has 7 rings (SSSR count). The summed E-state index contributed by atoms with van der Waals surface area (Å²) in [5, 5.41) is 41.7. The monoisotopic (exact) mass is 600 g/mol. The lowest BCUT2D eigenvalue weighted by Gasteiger charge is -2.73. The molecule has 1 saturated heterocycles. The molecular weight excluding hydrogens is 556 g/mol. The molecule has 1 heterocycles. The Hall–Kier alpha value is -2.12. The predicted octanol–water partition coefficient (Wildman–Crippen LogP) is 1.34. The number of aliphatic hydroxyl groups is 3. The molecule has 6 aliphatic rings. The van der Waals surface area contributed by atoms with Crippen molar-refractivity contribution < 1.29 is 43.9 Å². The van der Waals surface area contributed by atoms with Gasteiger partial charge in [-0.15, -0.1) is 0 Å². The van der Waals surface area contributed by atoms with Gasteiger partial charge in [0.25, 0.3) is 0 Å². The molecule has 11 heteroatoms. The molecule has 0 aromatic heterocycles. The molecule has 0 radical (unpaired) electrons. The molecule has 1 spiro atoms. The quantitative estimate of drug-likeness (QED) is 0.338. The Morgan fingerprint density at radius 1 is 1.07 bits per heavy atom. The average Bonchev–Trinajstić information content (AvgIpc) is 3.38. The van der Waals surface area contributed by atoms with E-state index >= 15 is 0 Å². The summed E-state index contributed by atoms with van der Waals surface area (Å²) < 4.78 is 24.7. The summed E-state index contributed by atoms with van der Waals surface area (Å²) in [7, 11) is 4.76. The minimum atomic E-state index is -1.98. The second-order valence-electron chi connectivity index (χ2n) is 13.8. The molecule has 4 N–H and O–H groups in total. The molecule has 1 aromatic rings. The van der Waals surface area contributed by atoms with Gasteiger partial charge < -0.3 is 39.6 Å². The first-order valence-electron chi connectivity index (χ1n) is 15.5. The zero-order chi connectivity index (χ0) is 30.7. The SMILES string of the molecule is CCN1C[C@]2(OC(=O)c3ccccc3NC(C)=O)CC[C@H](OC)[C@@]34[C@@H]1[C@@H](C[C@H]23)[C@@]1(O)C[C@H](OC)[C@H]2C[C@]4(O)[C@]1(O)[C@H]2OC. The Balaban J connectivity index is 1.41. The fourth-order valence-corrected chi connectivity index (χ4v) is 11.6. The van der Waals surface area contributed by atoms with Crippen LogP contribution in [0, 0.1) is 23.2 Å². The number of amides is 1. The van der Waals surface area contributed by atoms with Crippen LogP contribution in [0.2, 0.25) is 0 Å². The van der Waals surface area contributed by atoms with Gasteiger partial charge in [-0.05, 0) is 44.4 Å². The number of hydrogen-bond donors (Lipinski definition) is 4. The fraction of sp³-hybridized carbons (Fsp3) is 0.750. The van der Waals surface area contributed by atoms with E-state index < -0.39 is 63.9 Å². The highest BCUT2D eigenvalue weighted by atomic mass is 16.6. The first-order valence-corrected chi connectivity index (χ1v) is 15.5. The van der Waals surface area contributed by atoms with Crippen molar-refractivity contribution in [1.29, 1.82) is 0 Å². The van der Waals surface area contributed by atoms with Gasteiger partial charge >= 0.3 is 5.97 Å². The van der Waals surface area contributed by atoms with Gasteiger partial charge in [-0.1, -0.05) is 19.1 Å². The van der Waals surface area contributed by atoms with Crippen LogP contribution in [0.5, 0.6) is 0 Å². The third-order valence-corrected chi connectivity index (χ3v) is 12.7. The summed E-state index contributed by atoms with van der Waals surface area (Å²) in [4.78, 5) is 28.2. The van der Waals surface area contributed by atoms with E-state index in [1.165, 1.54) is 14.0 Å². The number of methoxy groups -OCH3 is 3. The first kappa shape index (κ1) is 29.6. The lowest BCUT2D eigenvalue weighted by molar-refractivity contribution is -0.384. The normalized spacial score (nSPS) is 49.1. The Morgan fingerprint density at radius 3 is 2.47 bits per heavy atom. The van der Waals surface area contributed by atoms with E-state index in [9.17, 15) is 24.9 Å². The van der Waals surface area contributed by atoms with Crippen LogP contribution >= 0.6 is 0 Å². The maximum Gasteiger partial charge on any atom is 0.340 e. The van der Waals surface area contributed by atoms with Gasteiger partial charge in [0, 0.05) is 65.0 Å². The fourth-order valence-electron chi connectivity index (χ4n) is 11.6. The molecular formula is C32H44N2O9. The topological polar surface area (TPSA) is 147 Å². The van der Waals surface area contributed by atoms with E-state index in [0.29, 0.717) is 38.0 Å². The minimum Gasteiger partial charge on any atom is -0.454 e. The average molecular weight is 601 g/mol. The van der Waals surface area contributed by atoms with Crippen LogP contribution in [-0.2, 0) is 23.7 Å². The summed E-state index contributed by atoms with van der Waals surface area (Å²) in [6.07, 6.45) is 0.0340. The van der Waals surface area contributed by atoms with Crippen molar-refractivity contribution in [2.75, 3.05) is 39.7 Å². The van der Waals surface area contributed by atoms with E-state index in [4.69, 9.17) is 18.9 Å². The predicted molar refractivity (Wildman–Crippen MR) is 153 cm³/mol. The summed E-state index contributed by atoms with van der Waals surface area (Å²) in [6, 6.07) is 6.45. The molecule has 1 aliphatic heterocycles. The number of anilines is 1. The third kappa shape index (κ3) is 3.19. The number of likely N-dealkylation sites (tertiary alicyclic amines) is 1. The number of fused-ring (bicyclic) bond motifs is 2. The van der Waals surface area contributed by atoms with Gasteiger partial charge in [0.2, 0.25) is 5.91 Å². The standard InChI is InChI=1S/C32H44N2O9/c1-6-34-16-28(43-27(36)18-9-7-8-10-21(18)33-17(2)35)12-11-24(41-4)31-23(28)13-20(25(31)34)29(37)15-22(40-3)19-14-30(31,38)32(29,39)26(19)42-5/h7-10,19-20,22-26,37-39H,6,11-16H2,1-5H3,(H,33,35)/t19-,20-,22+,23-,24+,25+,26+,28-,29+,30-,31-,32+/m1/s1. The van der Waals surface area contributed by atoms with E-state index in [0.717, 1.165) is 0 Å². The summed E-state index contributed by atoms with van der Waals surface area (Å²) in [6.45, 7) is 4.44. The molecule has 0 unspecified atom stereocenters. The molecule has 236 valence electrons. The van der Waals surface area contributed by atoms with Gasteiger partial charge in [0.1, 0.15) is 22.4 Å². The Morgan fingerprint density at radius 2 is 1.81 bits per heavy atom.